The number of aliphatic imine (C=N–C) groups is 1. The minimum absolute atomic E-state index is 0.0152. The van der Waals surface area contributed by atoms with Crippen LogP contribution in [0.4, 0.5) is 17.1 Å². The van der Waals surface area contributed by atoms with Gasteiger partial charge in [-0.05, 0) is 80.9 Å². The highest BCUT2D eigenvalue weighted by Crippen LogP contribution is 2.51. The molecule has 192 valence electrons. The van der Waals surface area contributed by atoms with Crippen molar-refractivity contribution in [3.8, 4) is 0 Å². The van der Waals surface area contributed by atoms with Gasteiger partial charge in [0.2, 0.25) is 0 Å². The van der Waals surface area contributed by atoms with E-state index in [1.165, 1.54) is 11.8 Å². The first-order chi connectivity index (χ1) is 17.4. The van der Waals surface area contributed by atoms with E-state index in [1.807, 2.05) is 42.2 Å². The maximum absolute atomic E-state index is 13.7. The number of hydrogen-bond acceptors (Lipinski definition) is 7. The number of benzene rings is 2. The highest BCUT2D eigenvalue weighted by atomic mass is 35.5. The van der Waals surface area contributed by atoms with Crippen molar-refractivity contribution in [1.82, 2.24) is 4.90 Å². The first kappa shape index (κ1) is 26.9. The van der Waals surface area contributed by atoms with E-state index in [4.69, 9.17) is 16.6 Å². The first-order valence-electron chi connectivity index (χ1n) is 12.5. The summed E-state index contributed by atoms with van der Waals surface area (Å²) in [6, 6.07) is 12.0. The number of nitrogens with zero attached hydrogens (tertiary/aromatic N) is 4. The summed E-state index contributed by atoms with van der Waals surface area (Å²) in [5.74, 6) is 0.0152. The van der Waals surface area contributed by atoms with E-state index in [1.54, 1.807) is 11.8 Å². The molecule has 0 atom stereocenters. The van der Waals surface area contributed by atoms with Crippen molar-refractivity contribution in [2.45, 2.75) is 45.4 Å². The van der Waals surface area contributed by atoms with Crippen LogP contribution in [0.15, 0.2) is 56.2 Å². The van der Waals surface area contributed by atoms with Crippen LogP contribution in [0.2, 0.25) is 5.02 Å². The second-order valence-electron chi connectivity index (χ2n) is 8.67. The molecule has 9 heteroatoms. The van der Waals surface area contributed by atoms with Crippen molar-refractivity contribution in [3.63, 3.8) is 0 Å². The van der Waals surface area contributed by atoms with Crippen molar-refractivity contribution in [2.75, 3.05) is 42.6 Å². The Balaban J connectivity index is 1.70. The minimum atomic E-state index is 0.0152. The lowest BCUT2D eigenvalue weighted by molar-refractivity contribution is -0.122. The molecule has 1 amide bonds. The molecule has 1 saturated heterocycles. The van der Waals surface area contributed by atoms with E-state index in [9.17, 15) is 9.90 Å². The molecule has 6 nitrogen and oxygen atoms in total. The molecule has 2 aromatic carbocycles. The zero-order chi connectivity index (χ0) is 25.8. The van der Waals surface area contributed by atoms with Gasteiger partial charge in [0.05, 0.1) is 18.0 Å². The van der Waals surface area contributed by atoms with Gasteiger partial charge in [0.1, 0.15) is 9.93 Å². The second-order valence-corrected chi connectivity index (χ2v) is 11.1. The van der Waals surface area contributed by atoms with Crippen LogP contribution >= 0.6 is 35.1 Å². The van der Waals surface area contributed by atoms with Gasteiger partial charge in [-0.25, -0.2) is 4.99 Å². The Hall–Kier alpha value is -2.13. The molecule has 2 aromatic rings. The predicted molar refractivity (Wildman–Crippen MR) is 155 cm³/mol. The van der Waals surface area contributed by atoms with Crippen LogP contribution in [0.1, 0.15) is 39.2 Å². The fraction of sp³-hybridized carbons (Fsp3) is 0.407. The van der Waals surface area contributed by atoms with Crippen LogP contribution < -0.4 is 9.80 Å². The van der Waals surface area contributed by atoms with Crippen molar-refractivity contribution >= 4 is 63.3 Å². The largest absolute Gasteiger partial charge is 0.395 e. The van der Waals surface area contributed by atoms with Crippen LogP contribution in [0.3, 0.4) is 0 Å². The Morgan fingerprint density at radius 3 is 2.56 bits per heavy atom. The first-order valence-corrected chi connectivity index (χ1v) is 14.5. The molecule has 36 heavy (non-hydrogen) atoms. The lowest BCUT2D eigenvalue weighted by Gasteiger charge is -2.22. The average molecular weight is 545 g/mol. The van der Waals surface area contributed by atoms with Crippen molar-refractivity contribution in [1.29, 1.82) is 0 Å². The second kappa shape index (κ2) is 11.9. The van der Waals surface area contributed by atoms with E-state index >= 15 is 0 Å². The fourth-order valence-electron chi connectivity index (χ4n) is 4.33. The number of hydrogen-bond donors (Lipinski definition) is 1. The number of rotatable bonds is 9. The van der Waals surface area contributed by atoms with Crippen molar-refractivity contribution in [3.05, 3.63) is 56.9 Å². The summed E-state index contributed by atoms with van der Waals surface area (Å²) in [5, 5.41) is 11.7. The maximum atomic E-state index is 13.7. The number of fused-ring (bicyclic) bond motifs is 1. The summed E-state index contributed by atoms with van der Waals surface area (Å²) >= 11 is 9.37. The molecule has 0 aliphatic carbocycles. The highest BCUT2D eigenvalue weighted by molar-refractivity contribution is 8.19. The Labute approximate surface area is 227 Å². The van der Waals surface area contributed by atoms with Crippen LogP contribution in [0.5, 0.6) is 0 Å². The summed E-state index contributed by atoms with van der Waals surface area (Å²) in [7, 11) is 0. The molecule has 0 spiro atoms. The third kappa shape index (κ3) is 5.42. The summed E-state index contributed by atoms with van der Waals surface area (Å²) in [5.41, 5.74) is 3.99. The van der Waals surface area contributed by atoms with E-state index in [0.29, 0.717) is 18.1 Å². The average Bonchev–Trinajstić information content (AvgIpc) is 3.38. The molecule has 2 aliphatic heterocycles. The van der Waals surface area contributed by atoms with Gasteiger partial charge in [0.25, 0.3) is 5.91 Å². The summed E-state index contributed by atoms with van der Waals surface area (Å²) in [6.07, 6.45) is 1.91. The minimum Gasteiger partial charge on any atom is -0.395 e. The standard InChI is InChI=1S/C27H33ClN4O2S2/c1-5-8-13-32-25(34)24(26-31(7-3)22-17-19(28)9-12-23(22)35-26)36-27(32)29-21-11-10-20(16-18(21)4)30(6-2)14-15-33/h9-12,16-17,33H,5-8,13-15H2,1-4H3. The molecule has 1 fully saturated rings. The lowest BCUT2D eigenvalue weighted by Crippen LogP contribution is -2.30. The number of likely N-dealkylation sites (N-methyl/N-ethyl adjacent to an activating group) is 1. The maximum Gasteiger partial charge on any atom is 0.269 e. The van der Waals surface area contributed by atoms with Gasteiger partial charge in [-0.2, -0.15) is 0 Å². The number of carbonyl (C=O) groups excluding carboxylic acids is 1. The summed E-state index contributed by atoms with van der Waals surface area (Å²) in [4.78, 5) is 26.6. The normalized spacial score (nSPS) is 18.5. The smallest absolute Gasteiger partial charge is 0.269 e. The van der Waals surface area contributed by atoms with Crippen LogP contribution in [0, 0.1) is 6.92 Å². The number of amidine groups is 1. The number of amides is 1. The molecule has 0 unspecified atom stereocenters. The van der Waals surface area contributed by atoms with E-state index in [0.717, 1.165) is 68.6 Å². The third-order valence-corrected chi connectivity index (χ3v) is 8.90. The Morgan fingerprint density at radius 1 is 1.08 bits per heavy atom. The van der Waals surface area contributed by atoms with Crippen molar-refractivity contribution in [2.24, 2.45) is 4.99 Å². The van der Waals surface area contributed by atoms with Gasteiger partial charge in [-0.3, -0.25) is 9.69 Å². The summed E-state index contributed by atoms with van der Waals surface area (Å²) < 4.78 is 0. The van der Waals surface area contributed by atoms with Gasteiger partial charge < -0.3 is 14.9 Å². The fourth-order valence-corrected chi connectivity index (χ4v) is 6.88. The lowest BCUT2D eigenvalue weighted by atomic mass is 10.1. The van der Waals surface area contributed by atoms with Crippen LogP contribution in [-0.2, 0) is 4.79 Å². The number of aliphatic hydroxyl groups excluding tert-OH is 1. The highest BCUT2D eigenvalue weighted by Gasteiger charge is 2.39. The Bertz CT molecular complexity index is 1200. The zero-order valence-electron chi connectivity index (χ0n) is 21.3. The van der Waals surface area contributed by atoms with Gasteiger partial charge in [0.15, 0.2) is 5.17 Å². The Morgan fingerprint density at radius 2 is 1.89 bits per heavy atom. The molecule has 0 saturated carbocycles. The molecular weight excluding hydrogens is 512 g/mol. The third-order valence-electron chi connectivity index (χ3n) is 6.29. The van der Waals surface area contributed by atoms with Crippen LogP contribution in [-0.4, -0.2) is 53.9 Å². The molecule has 2 aliphatic rings. The number of anilines is 2. The molecule has 4 rings (SSSR count). The predicted octanol–water partition coefficient (Wildman–Crippen LogP) is 6.63. The SMILES string of the molecule is CCCCN1C(=O)C(=C2Sc3ccc(Cl)cc3N2CC)SC1=Nc1ccc(N(CC)CCO)cc1C. The molecule has 2 heterocycles. The molecule has 0 radical (unpaired) electrons. The molecule has 0 aromatic heterocycles. The number of thioether (sulfide) groups is 2. The number of halogens is 1. The Kier molecular flexibility index (Phi) is 8.93. The monoisotopic (exact) mass is 544 g/mol. The number of aliphatic hydroxyl groups is 1. The van der Waals surface area contributed by atoms with Gasteiger partial charge in [-0.15, -0.1) is 0 Å². The van der Waals surface area contributed by atoms with Gasteiger partial charge in [-0.1, -0.05) is 36.7 Å². The van der Waals surface area contributed by atoms with Crippen molar-refractivity contribution < 1.29 is 9.90 Å². The van der Waals surface area contributed by atoms with E-state index < -0.39 is 0 Å². The zero-order valence-corrected chi connectivity index (χ0v) is 23.6. The molecular formula is C27H33ClN4O2S2. The number of carbonyl (C=O) groups is 1. The van der Waals surface area contributed by atoms with E-state index in [2.05, 4.69) is 36.6 Å². The quantitative estimate of drug-likeness (QED) is 0.357. The topological polar surface area (TPSA) is 59.4 Å². The summed E-state index contributed by atoms with van der Waals surface area (Å²) in [6.45, 7) is 11.3. The van der Waals surface area contributed by atoms with Gasteiger partial charge in [0, 0.05) is 41.8 Å². The van der Waals surface area contributed by atoms with Gasteiger partial charge >= 0.3 is 0 Å². The number of unbranched alkanes of at least 4 members (excludes halogenated alkanes) is 1. The molecule has 0 bridgehead atoms. The molecule has 1 N–H and O–H groups in total. The number of aryl methyl sites for hydroxylation is 1. The van der Waals surface area contributed by atoms with E-state index in [-0.39, 0.29) is 12.5 Å². The van der Waals surface area contributed by atoms with Crippen LogP contribution in [0.25, 0.3) is 0 Å².